The van der Waals surface area contributed by atoms with E-state index >= 15 is 0 Å². The molecule has 0 N–H and O–H groups in total. The Morgan fingerprint density at radius 1 is 1.50 bits per heavy atom. The van der Waals surface area contributed by atoms with Gasteiger partial charge in [0.2, 0.25) is 0 Å². The van der Waals surface area contributed by atoms with Gasteiger partial charge in [0.15, 0.2) is 0 Å². The zero-order valence-electron chi connectivity index (χ0n) is 4.40. The molecule has 1 nitrogen and oxygen atoms in total. The summed E-state index contributed by atoms with van der Waals surface area (Å²) in [5.41, 5.74) is 0. The fourth-order valence-electron chi connectivity index (χ4n) is 0. The van der Waals surface area contributed by atoms with Crippen LogP contribution in [0.15, 0.2) is 0 Å². The first kappa shape index (κ1) is 9.77. The predicted octanol–water partition coefficient (Wildman–Crippen LogP) is 1.20. The molecule has 2 heteroatoms. The van der Waals surface area contributed by atoms with Crippen LogP contribution in [0.2, 0.25) is 0 Å². The summed E-state index contributed by atoms with van der Waals surface area (Å²) in [6.45, 7) is 3.88. The van der Waals surface area contributed by atoms with Crippen molar-refractivity contribution in [3.8, 4) is 0 Å². The maximum Gasteiger partial charge on any atom is 0.0170 e. The molecule has 0 atom stereocenters. The van der Waals surface area contributed by atoms with Crippen molar-refractivity contribution in [2.75, 3.05) is 0 Å². The van der Waals surface area contributed by atoms with Gasteiger partial charge >= 0.3 is 0 Å². The molecule has 0 aromatic heterocycles. The van der Waals surface area contributed by atoms with Crippen LogP contribution in [0.25, 0.3) is 0 Å². The molecule has 0 saturated carbocycles. The summed E-state index contributed by atoms with van der Waals surface area (Å²) in [7, 11) is 3.19. The van der Waals surface area contributed by atoms with Crippen LogP contribution in [-0.2, 0) is 24.2 Å². The molecule has 0 aliphatic carbocycles. The average molecular weight is 139 g/mol. The SMILES string of the molecule is [CH2-]OC(C)C.[Zn]. The van der Waals surface area contributed by atoms with Crippen LogP contribution in [0.3, 0.4) is 0 Å². The van der Waals surface area contributed by atoms with Crippen LogP contribution in [-0.4, -0.2) is 6.10 Å². The van der Waals surface area contributed by atoms with Crippen molar-refractivity contribution in [2.24, 2.45) is 0 Å². The molecule has 0 fully saturated rings. The molecule has 0 unspecified atom stereocenters. The second-order valence-electron chi connectivity index (χ2n) is 1.22. The van der Waals surface area contributed by atoms with Crippen molar-refractivity contribution in [2.45, 2.75) is 20.0 Å². The van der Waals surface area contributed by atoms with Crippen LogP contribution in [0.4, 0.5) is 0 Å². The van der Waals surface area contributed by atoms with Crippen molar-refractivity contribution in [1.82, 2.24) is 0 Å². The summed E-state index contributed by atoms with van der Waals surface area (Å²) >= 11 is 0. The summed E-state index contributed by atoms with van der Waals surface area (Å²) < 4.78 is 4.50. The van der Waals surface area contributed by atoms with E-state index in [9.17, 15) is 0 Å². The molecule has 0 bridgehead atoms. The molecule has 0 heterocycles. The largest absolute Gasteiger partial charge is 0.553 e. The van der Waals surface area contributed by atoms with E-state index < -0.39 is 0 Å². The van der Waals surface area contributed by atoms with Gasteiger partial charge in [-0.25, -0.2) is 7.11 Å². The second-order valence-corrected chi connectivity index (χ2v) is 1.22. The van der Waals surface area contributed by atoms with Crippen molar-refractivity contribution >= 4 is 0 Å². The molecular weight excluding hydrogens is 129 g/mol. The zero-order chi connectivity index (χ0) is 4.28. The number of ether oxygens (including phenoxy) is 1. The number of rotatable bonds is 1. The summed E-state index contributed by atoms with van der Waals surface area (Å²) in [4.78, 5) is 0. The van der Waals surface area contributed by atoms with Gasteiger partial charge in [-0.05, 0) is 13.8 Å². The standard InChI is InChI=1S/C4H9O.Zn/c1-4(2)5-3;/h4H,3H2,1-2H3;/q-1;. The monoisotopic (exact) mass is 137 g/mol. The molecule has 0 aliphatic rings. The minimum atomic E-state index is 0. The third-order valence-corrected chi connectivity index (χ3v) is 0.333. The predicted molar refractivity (Wildman–Crippen MR) is 21.6 cm³/mol. The third kappa shape index (κ3) is 8.82. The van der Waals surface area contributed by atoms with Gasteiger partial charge in [-0.3, -0.25) is 0 Å². The minimum Gasteiger partial charge on any atom is -0.553 e. The van der Waals surface area contributed by atoms with Crippen LogP contribution in [0, 0.1) is 7.11 Å². The molecule has 0 radical (unpaired) electrons. The molecule has 34 valence electrons. The Bertz CT molecular complexity index is 21.5. The Balaban J connectivity index is 0. The fraction of sp³-hybridized carbons (Fsp3) is 0.750. The van der Waals surface area contributed by atoms with E-state index in [-0.39, 0.29) is 25.6 Å². The summed E-state index contributed by atoms with van der Waals surface area (Å²) in [6, 6.07) is 0. The van der Waals surface area contributed by atoms with Crippen LogP contribution >= 0.6 is 0 Å². The average Bonchev–Trinajstić information content (AvgIpc) is 1.38. The third-order valence-electron chi connectivity index (χ3n) is 0.333. The number of hydrogen-bond acceptors (Lipinski definition) is 1. The van der Waals surface area contributed by atoms with Crippen molar-refractivity contribution in [3.63, 3.8) is 0 Å². The maximum absolute atomic E-state index is 4.50. The van der Waals surface area contributed by atoms with Gasteiger partial charge < -0.3 is 4.74 Å². The van der Waals surface area contributed by atoms with Gasteiger partial charge in [0, 0.05) is 25.6 Å². The topological polar surface area (TPSA) is 9.23 Å². The fourth-order valence-corrected chi connectivity index (χ4v) is 0. The number of hydrogen-bond donors (Lipinski definition) is 0. The smallest absolute Gasteiger partial charge is 0.0170 e. The van der Waals surface area contributed by atoms with Gasteiger partial charge in [-0.15, -0.1) is 0 Å². The van der Waals surface area contributed by atoms with Gasteiger partial charge in [0.1, 0.15) is 0 Å². The maximum atomic E-state index is 4.50. The van der Waals surface area contributed by atoms with Crippen LogP contribution in [0.5, 0.6) is 0 Å². The van der Waals surface area contributed by atoms with E-state index in [4.69, 9.17) is 0 Å². The van der Waals surface area contributed by atoms with Gasteiger partial charge in [-0.2, -0.15) is 0 Å². The molecule has 0 amide bonds. The van der Waals surface area contributed by atoms with E-state index in [1.807, 2.05) is 13.8 Å². The molecule has 0 rings (SSSR count). The Morgan fingerprint density at radius 3 is 1.67 bits per heavy atom. The van der Waals surface area contributed by atoms with E-state index in [0.717, 1.165) is 0 Å². The first-order valence-corrected chi connectivity index (χ1v) is 1.68. The molecule has 0 saturated heterocycles. The van der Waals surface area contributed by atoms with Crippen molar-refractivity contribution < 1.29 is 24.2 Å². The first-order valence-electron chi connectivity index (χ1n) is 1.68. The Hall–Kier alpha value is 0.583. The van der Waals surface area contributed by atoms with Gasteiger partial charge in [0.05, 0.1) is 0 Å². The summed E-state index contributed by atoms with van der Waals surface area (Å²) in [6.07, 6.45) is 0.273. The second kappa shape index (κ2) is 5.58. The van der Waals surface area contributed by atoms with Gasteiger partial charge in [-0.1, -0.05) is 0 Å². The molecule has 0 spiro atoms. The van der Waals surface area contributed by atoms with Crippen molar-refractivity contribution in [1.29, 1.82) is 0 Å². The quantitative estimate of drug-likeness (QED) is 0.391. The van der Waals surface area contributed by atoms with Crippen LogP contribution < -0.4 is 0 Å². The Morgan fingerprint density at radius 2 is 1.67 bits per heavy atom. The normalized spacial score (nSPS) is 8.00. The van der Waals surface area contributed by atoms with Gasteiger partial charge in [0.25, 0.3) is 0 Å². The van der Waals surface area contributed by atoms with E-state index in [2.05, 4.69) is 11.8 Å². The molecular formula is C4H9OZn-. The minimum absolute atomic E-state index is 0. The zero-order valence-corrected chi connectivity index (χ0v) is 7.37. The Labute approximate surface area is 51.8 Å². The van der Waals surface area contributed by atoms with E-state index in [1.54, 1.807) is 0 Å². The Kier molecular flexibility index (Phi) is 9.09. The van der Waals surface area contributed by atoms with E-state index in [1.165, 1.54) is 0 Å². The van der Waals surface area contributed by atoms with Crippen molar-refractivity contribution in [3.05, 3.63) is 7.11 Å². The molecule has 0 aromatic rings. The molecule has 0 aliphatic heterocycles. The molecule has 0 aromatic carbocycles. The summed E-state index contributed by atoms with van der Waals surface area (Å²) in [5.74, 6) is 0. The first-order chi connectivity index (χ1) is 2.27. The van der Waals surface area contributed by atoms with E-state index in [0.29, 0.717) is 0 Å². The summed E-state index contributed by atoms with van der Waals surface area (Å²) in [5, 5.41) is 0. The van der Waals surface area contributed by atoms with Crippen LogP contribution in [0.1, 0.15) is 13.8 Å². The molecule has 6 heavy (non-hydrogen) atoms.